The van der Waals surface area contributed by atoms with Gasteiger partial charge in [-0.05, 0) is 74.8 Å². The molecule has 2 aromatic heterocycles. The van der Waals surface area contributed by atoms with Gasteiger partial charge in [0.15, 0.2) is 5.82 Å². The number of para-hydroxylation sites is 3. The topological polar surface area (TPSA) is 30.7 Å². The van der Waals surface area contributed by atoms with Gasteiger partial charge in [-0.1, -0.05) is 97.1 Å². The van der Waals surface area contributed by atoms with Crippen LogP contribution < -0.4 is 0 Å². The molecule has 0 spiro atoms. The summed E-state index contributed by atoms with van der Waals surface area (Å²) < 4.78 is 2.20. The van der Waals surface area contributed by atoms with Crippen LogP contribution in [-0.4, -0.2) is 14.5 Å². The number of nitrogens with zero attached hydrogens (tertiary/aromatic N) is 3. The van der Waals surface area contributed by atoms with Crippen LogP contribution in [0.25, 0.3) is 71.8 Å². The summed E-state index contributed by atoms with van der Waals surface area (Å²) in [7, 11) is 0. The van der Waals surface area contributed by atoms with Crippen molar-refractivity contribution < 1.29 is 0 Å². The molecule has 182 valence electrons. The summed E-state index contributed by atoms with van der Waals surface area (Å²) >= 11 is 0. The van der Waals surface area contributed by atoms with Crippen LogP contribution in [0.15, 0.2) is 140 Å². The fraction of sp³-hybridized carbons (Fsp3) is 0. The first-order valence-electron chi connectivity index (χ1n) is 13.2. The lowest BCUT2D eigenvalue weighted by Crippen LogP contribution is -1.99. The number of rotatable bonds is 3. The Morgan fingerprint density at radius 3 is 2.05 bits per heavy atom. The van der Waals surface area contributed by atoms with Gasteiger partial charge in [-0.15, -0.1) is 0 Å². The normalized spacial score (nSPS) is 11.6. The second-order valence-electron chi connectivity index (χ2n) is 9.86. The van der Waals surface area contributed by atoms with Crippen LogP contribution in [0.2, 0.25) is 0 Å². The highest BCUT2D eigenvalue weighted by Crippen LogP contribution is 2.38. The summed E-state index contributed by atoms with van der Waals surface area (Å²) in [5, 5.41) is 7.47. The van der Waals surface area contributed by atoms with E-state index in [2.05, 4.69) is 132 Å². The molecule has 0 fully saturated rings. The van der Waals surface area contributed by atoms with Crippen molar-refractivity contribution >= 4 is 43.4 Å². The number of pyridine rings is 1. The van der Waals surface area contributed by atoms with E-state index < -0.39 is 0 Å². The molecule has 3 nitrogen and oxygen atoms in total. The van der Waals surface area contributed by atoms with Crippen molar-refractivity contribution in [1.82, 2.24) is 14.5 Å². The fourth-order valence-electron chi connectivity index (χ4n) is 5.84. The molecule has 0 bridgehead atoms. The zero-order chi connectivity index (χ0) is 25.8. The minimum atomic E-state index is 0.834. The molecule has 0 amide bonds. The van der Waals surface area contributed by atoms with E-state index in [0.29, 0.717) is 0 Å². The van der Waals surface area contributed by atoms with Gasteiger partial charge in [0.1, 0.15) is 5.69 Å². The molecule has 0 saturated carbocycles. The highest BCUT2D eigenvalue weighted by Gasteiger charge is 2.17. The Hall–Kier alpha value is -5.28. The Labute approximate surface area is 225 Å². The molecule has 8 rings (SSSR count). The first kappa shape index (κ1) is 21.8. The quantitative estimate of drug-likeness (QED) is 0.228. The SMILES string of the molecule is c1ccc(-n2c(-c3cccc(-c4cc5ccc6ccccc6c5c5ccccc45)n3)nc3ccccc32)cc1. The van der Waals surface area contributed by atoms with E-state index in [1.54, 1.807) is 0 Å². The summed E-state index contributed by atoms with van der Waals surface area (Å²) in [6, 6.07) is 48.9. The number of aromatic nitrogens is 3. The molecule has 8 aromatic rings. The second-order valence-corrected chi connectivity index (χ2v) is 9.86. The van der Waals surface area contributed by atoms with Crippen molar-refractivity contribution in [2.24, 2.45) is 0 Å². The molecule has 39 heavy (non-hydrogen) atoms. The number of benzene rings is 6. The van der Waals surface area contributed by atoms with Gasteiger partial charge in [0.2, 0.25) is 0 Å². The molecule has 0 saturated heterocycles. The third kappa shape index (κ3) is 3.44. The van der Waals surface area contributed by atoms with Crippen LogP contribution in [0.3, 0.4) is 0 Å². The average molecular weight is 498 g/mol. The van der Waals surface area contributed by atoms with Crippen molar-refractivity contribution in [2.45, 2.75) is 0 Å². The van der Waals surface area contributed by atoms with Crippen molar-refractivity contribution in [3.8, 4) is 28.5 Å². The average Bonchev–Trinajstić information content (AvgIpc) is 3.41. The molecule has 3 heteroatoms. The predicted molar refractivity (Wildman–Crippen MR) is 162 cm³/mol. The van der Waals surface area contributed by atoms with E-state index in [1.165, 1.54) is 32.3 Å². The van der Waals surface area contributed by atoms with Gasteiger partial charge in [-0.25, -0.2) is 9.97 Å². The molecule has 0 radical (unpaired) electrons. The van der Waals surface area contributed by atoms with Crippen molar-refractivity contribution in [2.75, 3.05) is 0 Å². The number of imidazole rings is 1. The minimum Gasteiger partial charge on any atom is -0.291 e. The fourth-order valence-corrected chi connectivity index (χ4v) is 5.84. The molecule has 0 atom stereocenters. The van der Waals surface area contributed by atoms with E-state index in [0.717, 1.165) is 39.5 Å². The van der Waals surface area contributed by atoms with E-state index in [-0.39, 0.29) is 0 Å². The minimum absolute atomic E-state index is 0.834. The van der Waals surface area contributed by atoms with Crippen molar-refractivity contribution in [3.05, 3.63) is 140 Å². The van der Waals surface area contributed by atoms with E-state index in [1.807, 2.05) is 12.1 Å². The van der Waals surface area contributed by atoms with Gasteiger partial charge < -0.3 is 0 Å². The molecule has 0 N–H and O–H groups in total. The van der Waals surface area contributed by atoms with Crippen molar-refractivity contribution in [1.29, 1.82) is 0 Å². The Balaban J connectivity index is 1.39. The molecular weight excluding hydrogens is 474 g/mol. The molecule has 0 aliphatic carbocycles. The summed E-state index contributed by atoms with van der Waals surface area (Å²) in [6.45, 7) is 0. The number of hydrogen-bond donors (Lipinski definition) is 0. The Morgan fingerprint density at radius 1 is 0.462 bits per heavy atom. The molecule has 0 aliphatic heterocycles. The van der Waals surface area contributed by atoms with Crippen molar-refractivity contribution in [3.63, 3.8) is 0 Å². The summed E-state index contributed by atoms with van der Waals surface area (Å²) in [6.07, 6.45) is 0. The van der Waals surface area contributed by atoms with E-state index in [4.69, 9.17) is 9.97 Å². The third-order valence-electron chi connectivity index (χ3n) is 7.58. The summed E-state index contributed by atoms with van der Waals surface area (Å²) in [5.74, 6) is 0.834. The maximum Gasteiger partial charge on any atom is 0.164 e. The third-order valence-corrected chi connectivity index (χ3v) is 7.58. The highest BCUT2D eigenvalue weighted by atomic mass is 15.1. The molecular formula is C36H23N3. The summed E-state index contributed by atoms with van der Waals surface area (Å²) in [5.41, 5.74) is 5.98. The number of hydrogen-bond acceptors (Lipinski definition) is 2. The van der Waals surface area contributed by atoms with Gasteiger partial charge in [0, 0.05) is 11.3 Å². The second kappa shape index (κ2) is 8.64. The standard InChI is InChI=1S/C36H23N3/c1-2-12-26(13-3-1)39-34-20-9-8-17-32(34)38-36(39)33-19-10-18-31(37-33)30-23-25-22-21-24-11-4-5-14-27(24)35(25)29-16-7-6-15-28(29)30/h1-23H. The smallest absolute Gasteiger partial charge is 0.164 e. The first-order chi connectivity index (χ1) is 19.3. The lowest BCUT2D eigenvalue weighted by molar-refractivity contribution is 1.08. The van der Waals surface area contributed by atoms with Crippen LogP contribution in [0.1, 0.15) is 0 Å². The lowest BCUT2D eigenvalue weighted by atomic mass is 9.92. The van der Waals surface area contributed by atoms with Gasteiger partial charge >= 0.3 is 0 Å². The van der Waals surface area contributed by atoms with Crippen LogP contribution in [0.4, 0.5) is 0 Å². The maximum absolute atomic E-state index is 5.23. The predicted octanol–water partition coefficient (Wildman–Crippen LogP) is 9.21. The Bertz CT molecular complexity index is 2170. The van der Waals surface area contributed by atoms with Crippen LogP contribution >= 0.6 is 0 Å². The molecule has 0 unspecified atom stereocenters. The molecule has 0 aliphatic rings. The largest absolute Gasteiger partial charge is 0.291 e. The Morgan fingerprint density at radius 2 is 1.15 bits per heavy atom. The number of fused-ring (bicyclic) bond motifs is 6. The Kier molecular flexibility index (Phi) is 4.82. The first-order valence-corrected chi connectivity index (χ1v) is 13.2. The van der Waals surface area contributed by atoms with Gasteiger partial charge in [0.25, 0.3) is 0 Å². The van der Waals surface area contributed by atoms with Gasteiger partial charge in [0.05, 0.1) is 16.7 Å². The van der Waals surface area contributed by atoms with Crippen LogP contribution in [0, 0.1) is 0 Å². The van der Waals surface area contributed by atoms with Crippen LogP contribution in [-0.2, 0) is 0 Å². The zero-order valence-electron chi connectivity index (χ0n) is 21.1. The van der Waals surface area contributed by atoms with E-state index >= 15 is 0 Å². The monoisotopic (exact) mass is 497 g/mol. The zero-order valence-corrected chi connectivity index (χ0v) is 21.1. The maximum atomic E-state index is 5.23. The lowest BCUT2D eigenvalue weighted by Gasteiger charge is -2.14. The van der Waals surface area contributed by atoms with Gasteiger partial charge in [-0.2, -0.15) is 0 Å². The molecule has 2 heterocycles. The van der Waals surface area contributed by atoms with E-state index in [9.17, 15) is 0 Å². The summed E-state index contributed by atoms with van der Waals surface area (Å²) in [4.78, 5) is 10.3. The van der Waals surface area contributed by atoms with Gasteiger partial charge in [-0.3, -0.25) is 4.57 Å². The highest BCUT2D eigenvalue weighted by molar-refractivity contribution is 6.23. The molecule has 6 aromatic carbocycles. The van der Waals surface area contributed by atoms with Crippen LogP contribution in [0.5, 0.6) is 0 Å².